The molecule has 6 heteroatoms. The van der Waals surface area contributed by atoms with Gasteiger partial charge in [-0.05, 0) is 31.0 Å². The Morgan fingerprint density at radius 2 is 2.00 bits per heavy atom. The van der Waals surface area contributed by atoms with Crippen LogP contribution in [0.1, 0.15) is 30.2 Å². The molecule has 1 saturated carbocycles. The lowest BCUT2D eigenvalue weighted by Gasteiger charge is -2.33. The molecule has 1 aromatic heterocycles. The molecule has 1 amide bonds. The van der Waals surface area contributed by atoms with E-state index in [-0.39, 0.29) is 11.9 Å². The number of nitrogens with one attached hydrogen (secondary N) is 1. The molecule has 0 bridgehead atoms. The van der Waals surface area contributed by atoms with E-state index in [1.165, 1.54) is 0 Å². The van der Waals surface area contributed by atoms with Crippen molar-refractivity contribution in [3.8, 4) is 5.75 Å². The van der Waals surface area contributed by atoms with Crippen molar-refractivity contribution in [3.63, 3.8) is 0 Å². The first-order valence-corrected chi connectivity index (χ1v) is 9.51. The second-order valence-electron chi connectivity index (χ2n) is 7.17. The Hall–Kier alpha value is -2.31. The number of para-hydroxylation sites is 1. The molecule has 27 heavy (non-hydrogen) atoms. The van der Waals surface area contributed by atoms with Crippen molar-refractivity contribution in [3.05, 3.63) is 54.0 Å². The molecule has 1 atom stereocenters. The Kier molecular flexibility index (Phi) is 5.18. The fourth-order valence-corrected chi connectivity index (χ4v) is 3.92. The summed E-state index contributed by atoms with van der Waals surface area (Å²) in [5.41, 5.74) is 0.511. The summed E-state index contributed by atoms with van der Waals surface area (Å²) in [5, 5.41) is 3.18. The summed E-state index contributed by atoms with van der Waals surface area (Å²) < 4.78 is 16.6. The van der Waals surface area contributed by atoms with E-state index >= 15 is 0 Å². The number of benzene rings is 1. The number of nitrogens with zero attached hydrogens (tertiary/aromatic N) is 1. The quantitative estimate of drug-likeness (QED) is 0.811. The normalized spacial score (nSPS) is 20.0. The molecule has 1 aromatic carbocycles. The summed E-state index contributed by atoms with van der Waals surface area (Å²) >= 11 is 0. The van der Waals surface area contributed by atoms with Crippen molar-refractivity contribution in [2.45, 2.75) is 24.3 Å². The lowest BCUT2D eigenvalue weighted by molar-refractivity contribution is -0.124. The molecule has 2 fully saturated rings. The van der Waals surface area contributed by atoms with Crippen molar-refractivity contribution in [1.29, 1.82) is 0 Å². The smallest absolute Gasteiger partial charge is 0.230 e. The first kappa shape index (κ1) is 18.1. The molecule has 0 spiro atoms. The fourth-order valence-electron chi connectivity index (χ4n) is 3.92. The summed E-state index contributed by atoms with van der Waals surface area (Å²) in [6.45, 7) is 3.59. The van der Waals surface area contributed by atoms with Gasteiger partial charge in [-0.15, -0.1) is 0 Å². The zero-order valence-corrected chi connectivity index (χ0v) is 15.6. The predicted molar refractivity (Wildman–Crippen MR) is 101 cm³/mol. The van der Waals surface area contributed by atoms with Gasteiger partial charge in [0, 0.05) is 25.2 Å². The third kappa shape index (κ3) is 3.59. The summed E-state index contributed by atoms with van der Waals surface area (Å²) in [5.74, 6) is 1.72. The molecular weight excluding hydrogens is 344 g/mol. The molecule has 2 aliphatic rings. The number of methoxy groups -OCH3 is 1. The van der Waals surface area contributed by atoms with Crippen LogP contribution in [0.5, 0.6) is 5.75 Å². The average molecular weight is 370 g/mol. The van der Waals surface area contributed by atoms with Gasteiger partial charge >= 0.3 is 0 Å². The Bertz CT molecular complexity index is 764. The Morgan fingerprint density at radius 3 is 2.67 bits per heavy atom. The Morgan fingerprint density at radius 1 is 1.22 bits per heavy atom. The molecule has 2 aromatic rings. The lowest BCUT2D eigenvalue weighted by atomic mass is 9.93. The number of furan rings is 1. The minimum absolute atomic E-state index is 0.0151. The van der Waals surface area contributed by atoms with E-state index in [0.29, 0.717) is 19.8 Å². The van der Waals surface area contributed by atoms with Gasteiger partial charge in [-0.25, -0.2) is 0 Å². The first-order valence-electron chi connectivity index (χ1n) is 9.51. The highest BCUT2D eigenvalue weighted by molar-refractivity contribution is 5.92. The molecule has 1 aliphatic carbocycles. The molecule has 1 saturated heterocycles. The summed E-state index contributed by atoms with van der Waals surface area (Å²) in [6, 6.07) is 11.7. The van der Waals surface area contributed by atoms with Gasteiger partial charge in [0.1, 0.15) is 11.5 Å². The van der Waals surface area contributed by atoms with Gasteiger partial charge in [0.15, 0.2) is 0 Å². The molecule has 6 nitrogen and oxygen atoms in total. The zero-order chi connectivity index (χ0) is 18.7. The highest BCUT2D eigenvalue weighted by atomic mass is 16.5. The van der Waals surface area contributed by atoms with E-state index in [1.54, 1.807) is 13.4 Å². The number of ether oxygens (including phenoxy) is 2. The molecule has 4 rings (SSSR count). The molecule has 1 aliphatic heterocycles. The van der Waals surface area contributed by atoms with Gasteiger partial charge < -0.3 is 19.2 Å². The molecule has 2 heterocycles. The van der Waals surface area contributed by atoms with E-state index in [1.807, 2.05) is 36.4 Å². The number of hydrogen-bond acceptors (Lipinski definition) is 5. The maximum Gasteiger partial charge on any atom is 0.230 e. The Balaban J connectivity index is 1.48. The molecular formula is C21H26N2O4. The number of hydrogen-bond donors (Lipinski definition) is 1. The molecule has 1 N–H and O–H groups in total. The maximum atomic E-state index is 13.1. The number of carbonyl (C=O) groups is 1. The largest absolute Gasteiger partial charge is 0.496 e. The second kappa shape index (κ2) is 7.74. The van der Waals surface area contributed by atoms with Crippen molar-refractivity contribution >= 4 is 5.91 Å². The zero-order valence-electron chi connectivity index (χ0n) is 15.6. The predicted octanol–water partition coefficient (Wildman–Crippen LogP) is 2.51. The summed E-state index contributed by atoms with van der Waals surface area (Å²) in [7, 11) is 1.65. The number of carbonyl (C=O) groups excluding carboxylic acids is 1. The Labute approximate surface area is 159 Å². The SMILES string of the molecule is COc1ccccc1C1(C(=O)NCC(c2ccco2)N2CCOCC2)CC1. The second-order valence-corrected chi connectivity index (χ2v) is 7.17. The summed E-state index contributed by atoms with van der Waals surface area (Å²) in [4.78, 5) is 15.4. The number of morpholine rings is 1. The van der Waals surface area contributed by atoms with Gasteiger partial charge in [0.05, 0.1) is 38.0 Å². The van der Waals surface area contributed by atoms with Gasteiger partial charge in [-0.2, -0.15) is 0 Å². The van der Waals surface area contributed by atoms with Crippen molar-refractivity contribution in [2.24, 2.45) is 0 Å². The van der Waals surface area contributed by atoms with Crippen LogP contribution in [0.15, 0.2) is 47.1 Å². The van der Waals surface area contributed by atoms with Crippen molar-refractivity contribution in [1.82, 2.24) is 10.2 Å². The monoisotopic (exact) mass is 370 g/mol. The number of amides is 1. The van der Waals surface area contributed by atoms with Crippen molar-refractivity contribution < 1.29 is 18.7 Å². The van der Waals surface area contributed by atoms with Gasteiger partial charge in [-0.3, -0.25) is 9.69 Å². The number of rotatable bonds is 7. The first-order chi connectivity index (χ1) is 13.2. The summed E-state index contributed by atoms with van der Waals surface area (Å²) in [6.07, 6.45) is 3.38. The third-order valence-corrected chi connectivity index (χ3v) is 5.62. The maximum absolute atomic E-state index is 13.1. The van der Waals surface area contributed by atoms with E-state index in [2.05, 4.69) is 10.2 Å². The van der Waals surface area contributed by atoms with Crippen LogP contribution >= 0.6 is 0 Å². The van der Waals surface area contributed by atoms with Crippen LogP contribution in [0.25, 0.3) is 0 Å². The third-order valence-electron chi connectivity index (χ3n) is 5.62. The van der Waals surface area contributed by atoms with E-state index < -0.39 is 5.41 Å². The standard InChI is InChI=1S/C21H26N2O4/c1-25-18-6-3-2-5-16(18)21(8-9-21)20(24)22-15-17(19-7-4-12-27-19)23-10-13-26-14-11-23/h2-7,12,17H,8-11,13-15H2,1H3,(H,22,24). The van der Waals surface area contributed by atoms with Crippen LogP contribution in [-0.2, 0) is 14.9 Å². The van der Waals surface area contributed by atoms with Crippen LogP contribution in [0.3, 0.4) is 0 Å². The molecule has 144 valence electrons. The minimum Gasteiger partial charge on any atom is -0.496 e. The van der Waals surface area contributed by atoms with Crippen LogP contribution < -0.4 is 10.1 Å². The van der Waals surface area contributed by atoms with Gasteiger partial charge in [0.2, 0.25) is 5.91 Å². The highest BCUT2D eigenvalue weighted by Crippen LogP contribution is 2.51. The lowest BCUT2D eigenvalue weighted by Crippen LogP contribution is -2.45. The van der Waals surface area contributed by atoms with Crippen LogP contribution in [0.4, 0.5) is 0 Å². The van der Waals surface area contributed by atoms with Crippen LogP contribution in [0, 0.1) is 0 Å². The fraction of sp³-hybridized carbons (Fsp3) is 0.476. The average Bonchev–Trinajstić information content (AvgIpc) is 3.36. The van der Waals surface area contributed by atoms with Gasteiger partial charge in [-0.1, -0.05) is 18.2 Å². The van der Waals surface area contributed by atoms with E-state index in [0.717, 1.165) is 43.0 Å². The van der Waals surface area contributed by atoms with Gasteiger partial charge in [0.25, 0.3) is 0 Å². The highest BCUT2D eigenvalue weighted by Gasteiger charge is 2.52. The van der Waals surface area contributed by atoms with Crippen molar-refractivity contribution in [2.75, 3.05) is 40.0 Å². The molecule has 1 unspecified atom stereocenters. The van der Waals surface area contributed by atoms with Crippen LogP contribution in [0.2, 0.25) is 0 Å². The van der Waals surface area contributed by atoms with Crippen LogP contribution in [-0.4, -0.2) is 50.8 Å². The van der Waals surface area contributed by atoms with E-state index in [4.69, 9.17) is 13.9 Å². The minimum atomic E-state index is -0.467. The van der Waals surface area contributed by atoms with E-state index in [9.17, 15) is 4.79 Å². The molecule has 0 radical (unpaired) electrons. The topological polar surface area (TPSA) is 63.9 Å².